The Morgan fingerprint density at radius 3 is 2.52 bits per heavy atom. The van der Waals surface area contributed by atoms with Crippen LogP contribution in [0.5, 0.6) is 0 Å². The van der Waals surface area contributed by atoms with Crippen LogP contribution in [0.25, 0.3) is 6.08 Å². The fourth-order valence-corrected chi connectivity index (χ4v) is 2.27. The summed E-state index contributed by atoms with van der Waals surface area (Å²) in [6.07, 6.45) is 4.98. The molecule has 1 aliphatic rings. The minimum Gasteiger partial charge on any atom is -0.478 e. The fourth-order valence-electron chi connectivity index (χ4n) is 2.27. The second kappa shape index (κ2) is 7.59. The van der Waals surface area contributed by atoms with Crippen molar-refractivity contribution in [1.82, 2.24) is 0 Å². The Morgan fingerprint density at radius 2 is 1.90 bits per heavy atom. The Labute approximate surface area is 123 Å². The second-order valence-electron chi connectivity index (χ2n) is 5.10. The van der Waals surface area contributed by atoms with Crippen LogP contribution >= 0.6 is 0 Å². The summed E-state index contributed by atoms with van der Waals surface area (Å²) < 4.78 is 5.27. The van der Waals surface area contributed by atoms with E-state index < -0.39 is 5.97 Å². The quantitative estimate of drug-likeness (QED) is 0.817. The Balaban J connectivity index is 1.84. The molecule has 1 saturated heterocycles. The Bertz CT molecular complexity index is 516. The number of amides is 1. The van der Waals surface area contributed by atoms with Crippen LogP contribution in [0.3, 0.4) is 0 Å². The monoisotopic (exact) mass is 289 g/mol. The summed E-state index contributed by atoms with van der Waals surface area (Å²) in [6.45, 7) is 1.48. The molecule has 1 heterocycles. The third-order valence-electron chi connectivity index (χ3n) is 3.43. The van der Waals surface area contributed by atoms with E-state index in [-0.39, 0.29) is 5.91 Å². The summed E-state index contributed by atoms with van der Waals surface area (Å²) in [6, 6.07) is 7.07. The van der Waals surface area contributed by atoms with Crippen LogP contribution in [-0.4, -0.2) is 30.2 Å². The molecule has 1 fully saturated rings. The molecule has 5 nitrogen and oxygen atoms in total. The molecular weight excluding hydrogens is 270 g/mol. The van der Waals surface area contributed by atoms with Crippen LogP contribution < -0.4 is 5.32 Å². The third-order valence-corrected chi connectivity index (χ3v) is 3.43. The number of carboxylic acid groups (broad SMARTS) is 1. The minimum absolute atomic E-state index is 0.00993. The van der Waals surface area contributed by atoms with Gasteiger partial charge in [-0.3, -0.25) is 4.79 Å². The van der Waals surface area contributed by atoms with Crippen molar-refractivity contribution in [1.29, 1.82) is 0 Å². The molecule has 1 aliphatic heterocycles. The number of nitrogens with one attached hydrogen (secondary N) is 1. The maximum atomic E-state index is 11.9. The number of carboxylic acids is 1. The molecule has 112 valence electrons. The van der Waals surface area contributed by atoms with Gasteiger partial charge in [0.25, 0.3) is 0 Å². The van der Waals surface area contributed by atoms with Crippen molar-refractivity contribution >= 4 is 23.6 Å². The van der Waals surface area contributed by atoms with Crippen LogP contribution in [0, 0.1) is 5.92 Å². The van der Waals surface area contributed by atoms with Gasteiger partial charge in [-0.05, 0) is 42.5 Å². The van der Waals surface area contributed by atoms with Gasteiger partial charge >= 0.3 is 5.97 Å². The van der Waals surface area contributed by atoms with Gasteiger partial charge in [-0.15, -0.1) is 0 Å². The van der Waals surface area contributed by atoms with Crippen LogP contribution in [0.4, 0.5) is 5.69 Å². The molecule has 0 radical (unpaired) electrons. The maximum absolute atomic E-state index is 11.9. The van der Waals surface area contributed by atoms with Crippen molar-refractivity contribution in [3.63, 3.8) is 0 Å². The first-order chi connectivity index (χ1) is 10.1. The van der Waals surface area contributed by atoms with Crippen molar-refractivity contribution < 1.29 is 19.4 Å². The van der Waals surface area contributed by atoms with Gasteiger partial charge in [0, 0.05) is 31.4 Å². The van der Waals surface area contributed by atoms with E-state index in [1.165, 1.54) is 6.08 Å². The Kier molecular flexibility index (Phi) is 5.51. The SMILES string of the molecule is O=C(O)/C=C/c1ccc(NC(=O)CC2CCOCC2)cc1. The zero-order chi connectivity index (χ0) is 15.1. The highest BCUT2D eigenvalue weighted by atomic mass is 16.5. The van der Waals surface area contributed by atoms with Gasteiger partial charge in [-0.25, -0.2) is 4.79 Å². The van der Waals surface area contributed by atoms with Gasteiger partial charge in [0.1, 0.15) is 0 Å². The summed E-state index contributed by atoms with van der Waals surface area (Å²) >= 11 is 0. The van der Waals surface area contributed by atoms with Gasteiger partial charge in [-0.1, -0.05) is 12.1 Å². The summed E-state index contributed by atoms with van der Waals surface area (Å²) in [7, 11) is 0. The lowest BCUT2D eigenvalue weighted by Gasteiger charge is -2.21. The standard InChI is InChI=1S/C16H19NO4/c18-15(11-13-7-9-21-10-8-13)17-14-4-1-12(2-5-14)3-6-16(19)20/h1-6,13H,7-11H2,(H,17,18)(H,19,20)/b6-3+. The molecule has 21 heavy (non-hydrogen) atoms. The second-order valence-corrected chi connectivity index (χ2v) is 5.10. The van der Waals surface area contributed by atoms with Gasteiger partial charge in [0.2, 0.25) is 5.91 Å². The third kappa shape index (κ3) is 5.39. The summed E-state index contributed by atoms with van der Waals surface area (Å²) in [5.74, 6) is -0.573. The predicted molar refractivity (Wildman–Crippen MR) is 79.9 cm³/mol. The van der Waals surface area contributed by atoms with E-state index in [4.69, 9.17) is 9.84 Å². The number of hydrogen-bond acceptors (Lipinski definition) is 3. The first-order valence-electron chi connectivity index (χ1n) is 7.02. The number of ether oxygens (including phenoxy) is 1. The molecule has 2 N–H and O–H groups in total. The number of benzene rings is 1. The number of rotatable bonds is 5. The molecule has 1 amide bonds. The van der Waals surface area contributed by atoms with Crippen LogP contribution in [0.1, 0.15) is 24.8 Å². The highest BCUT2D eigenvalue weighted by molar-refractivity contribution is 5.91. The molecule has 0 aromatic heterocycles. The highest BCUT2D eigenvalue weighted by Crippen LogP contribution is 2.19. The number of carbonyl (C=O) groups excluding carboxylic acids is 1. The molecule has 0 atom stereocenters. The number of aliphatic carboxylic acids is 1. The molecular formula is C16H19NO4. The molecule has 0 unspecified atom stereocenters. The molecule has 1 aromatic rings. The molecule has 5 heteroatoms. The number of anilines is 1. The summed E-state index contributed by atoms with van der Waals surface area (Å²) in [4.78, 5) is 22.4. The van der Waals surface area contributed by atoms with E-state index in [2.05, 4.69) is 5.32 Å². The van der Waals surface area contributed by atoms with Crippen molar-refractivity contribution in [3.8, 4) is 0 Å². The van der Waals surface area contributed by atoms with Gasteiger partial charge < -0.3 is 15.2 Å². The van der Waals surface area contributed by atoms with Gasteiger partial charge in [-0.2, -0.15) is 0 Å². The minimum atomic E-state index is -0.983. The molecule has 0 aliphatic carbocycles. The summed E-state index contributed by atoms with van der Waals surface area (Å²) in [5.41, 5.74) is 1.50. The fraction of sp³-hybridized carbons (Fsp3) is 0.375. The first kappa shape index (κ1) is 15.3. The molecule has 0 spiro atoms. The predicted octanol–water partition coefficient (Wildman–Crippen LogP) is 2.54. The van der Waals surface area contributed by atoms with Gasteiger partial charge in [0.05, 0.1) is 0 Å². The van der Waals surface area contributed by atoms with Crippen LogP contribution in [0.2, 0.25) is 0 Å². The zero-order valence-electron chi connectivity index (χ0n) is 11.7. The molecule has 2 rings (SSSR count). The lowest BCUT2D eigenvalue weighted by Crippen LogP contribution is -2.22. The van der Waals surface area contributed by atoms with Crippen molar-refractivity contribution in [2.45, 2.75) is 19.3 Å². The van der Waals surface area contributed by atoms with E-state index in [1.54, 1.807) is 24.3 Å². The average molecular weight is 289 g/mol. The van der Waals surface area contributed by atoms with Crippen molar-refractivity contribution in [2.24, 2.45) is 5.92 Å². The first-order valence-corrected chi connectivity index (χ1v) is 7.02. The highest BCUT2D eigenvalue weighted by Gasteiger charge is 2.17. The lowest BCUT2D eigenvalue weighted by atomic mass is 9.96. The normalized spacial score (nSPS) is 16.0. The topological polar surface area (TPSA) is 75.6 Å². The summed E-state index contributed by atoms with van der Waals surface area (Å²) in [5, 5.41) is 11.4. The van der Waals surface area contributed by atoms with Crippen LogP contribution in [-0.2, 0) is 14.3 Å². The van der Waals surface area contributed by atoms with E-state index in [0.717, 1.165) is 43.4 Å². The smallest absolute Gasteiger partial charge is 0.328 e. The van der Waals surface area contributed by atoms with Crippen molar-refractivity contribution in [2.75, 3.05) is 18.5 Å². The largest absolute Gasteiger partial charge is 0.478 e. The lowest BCUT2D eigenvalue weighted by molar-refractivity contribution is -0.131. The van der Waals surface area contributed by atoms with E-state index in [9.17, 15) is 9.59 Å². The van der Waals surface area contributed by atoms with Crippen molar-refractivity contribution in [3.05, 3.63) is 35.9 Å². The van der Waals surface area contributed by atoms with Crippen LogP contribution in [0.15, 0.2) is 30.3 Å². The van der Waals surface area contributed by atoms with E-state index in [0.29, 0.717) is 12.3 Å². The molecule has 1 aromatic carbocycles. The van der Waals surface area contributed by atoms with E-state index >= 15 is 0 Å². The Hall–Kier alpha value is -2.14. The number of carbonyl (C=O) groups is 2. The molecule has 0 saturated carbocycles. The maximum Gasteiger partial charge on any atom is 0.328 e. The zero-order valence-corrected chi connectivity index (χ0v) is 11.7. The average Bonchev–Trinajstić information content (AvgIpc) is 2.47. The Morgan fingerprint density at radius 1 is 1.24 bits per heavy atom. The number of hydrogen-bond donors (Lipinski definition) is 2. The van der Waals surface area contributed by atoms with Gasteiger partial charge in [0.15, 0.2) is 0 Å². The van der Waals surface area contributed by atoms with E-state index in [1.807, 2.05) is 0 Å². The molecule has 0 bridgehead atoms.